The molecule has 0 radical (unpaired) electrons. The summed E-state index contributed by atoms with van der Waals surface area (Å²) in [6.07, 6.45) is 3.63. The van der Waals surface area contributed by atoms with Crippen LogP contribution in [-0.2, 0) is 0 Å². The highest BCUT2D eigenvalue weighted by molar-refractivity contribution is 7.98. The molecule has 0 aliphatic carbocycles. The Bertz CT molecular complexity index is 782. The quantitative estimate of drug-likeness (QED) is 0.365. The summed E-state index contributed by atoms with van der Waals surface area (Å²) < 4.78 is 14.4. The van der Waals surface area contributed by atoms with Crippen LogP contribution < -0.4 is 0 Å². The SMILES string of the molecule is CC.CSc1c(F)cc(C(=O)C(=CN(C)C)c2ccccc2)c(C)c1C. The Morgan fingerprint density at radius 2 is 1.65 bits per heavy atom. The van der Waals surface area contributed by atoms with Crippen molar-refractivity contribution in [3.05, 3.63) is 70.7 Å². The van der Waals surface area contributed by atoms with Gasteiger partial charge >= 0.3 is 0 Å². The van der Waals surface area contributed by atoms with Gasteiger partial charge in [-0.15, -0.1) is 11.8 Å². The highest BCUT2D eigenvalue weighted by Gasteiger charge is 2.21. The topological polar surface area (TPSA) is 20.3 Å². The van der Waals surface area contributed by atoms with E-state index in [4.69, 9.17) is 0 Å². The van der Waals surface area contributed by atoms with Crippen molar-refractivity contribution in [2.24, 2.45) is 0 Å². The van der Waals surface area contributed by atoms with E-state index in [1.807, 2.05) is 83.3 Å². The molecule has 0 heterocycles. The molecule has 0 fully saturated rings. The van der Waals surface area contributed by atoms with E-state index in [9.17, 15) is 9.18 Å². The second kappa shape index (κ2) is 10.2. The van der Waals surface area contributed by atoms with Crippen LogP contribution in [0, 0.1) is 19.7 Å². The molecule has 0 unspecified atom stereocenters. The molecule has 0 aromatic heterocycles. The van der Waals surface area contributed by atoms with Crippen molar-refractivity contribution < 1.29 is 9.18 Å². The fraction of sp³-hybridized carbons (Fsp3) is 0.318. The van der Waals surface area contributed by atoms with Gasteiger partial charge in [-0.3, -0.25) is 4.79 Å². The first-order chi connectivity index (χ1) is 12.4. The number of thioether (sulfide) groups is 1. The monoisotopic (exact) mass is 373 g/mol. The van der Waals surface area contributed by atoms with Gasteiger partial charge in [-0.05, 0) is 42.9 Å². The van der Waals surface area contributed by atoms with Crippen LogP contribution in [0.5, 0.6) is 0 Å². The van der Waals surface area contributed by atoms with Crippen molar-refractivity contribution >= 4 is 23.1 Å². The van der Waals surface area contributed by atoms with E-state index >= 15 is 0 Å². The zero-order valence-corrected chi connectivity index (χ0v) is 17.5. The third-order valence-corrected chi connectivity index (χ3v) is 4.87. The summed E-state index contributed by atoms with van der Waals surface area (Å²) in [5.74, 6) is -0.506. The van der Waals surface area contributed by atoms with Gasteiger partial charge in [0.25, 0.3) is 0 Å². The van der Waals surface area contributed by atoms with E-state index in [0.29, 0.717) is 16.0 Å². The van der Waals surface area contributed by atoms with E-state index in [-0.39, 0.29) is 11.6 Å². The molecule has 0 bridgehead atoms. The highest BCUT2D eigenvalue weighted by Crippen LogP contribution is 2.31. The summed E-state index contributed by atoms with van der Waals surface area (Å²) in [5, 5.41) is 0. The lowest BCUT2D eigenvalue weighted by Gasteiger charge is -2.16. The highest BCUT2D eigenvalue weighted by atomic mass is 32.2. The van der Waals surface area contributed by atoms with Gasteiger partial charge in [-0.1, -0.05) is 44.2 Å². The van der Waals surface area contributed by atoms with E-state index < -0.39 is 0 Å². The fourth-order valence-corrected chi connectivity index (χ4v) is 3.34. The maximum absolute atomic E-state index is 14.4. The van der Waals surface area contributed by atoms with Gasteiger partial charge in [-0.2, -0.15) is 0 Å². The molecule has 0 aliphatic rings. The molecule has 2 aromatic carbocycles. The summed E-state index contributed by atoms with van der Waals surface area (Å²) in [7, 11) is 3.73. The van der Waals surface area contributed by atoms with Crippen molar-refractivity contribution in [1.82, 2.24) is 4.90 Å². The van der Waals surface area contributed by atoms with Crippen LogP contribution in [0.2, 0.25) is 0 Å². The summed E-state index contributed by atoms with van der Waals surface area (Å²) in [5.41, 5.74) is 3.44. The molecule has 0 atom stereocenters. The lowest BCUT2D eigenvalue weighted by Crippen LogP contribution is -2.12. The van der Waals surface area contributed by atoms with E-state index in [1.54, 1.807) is 6.20 Å². The number of rotatable bonds is 5. The Morgan fingerprint density at radius 1 is 1.08 bits per heavy atom. The number of halogens is 1. The average molecular weight is 374 g/mol. The first-order valence-corrected chi connectivity index (χ1v) is 9.91. The van der Waals surface area contributed by atoms with Gasteiger partial charge in [0, 0.05) is 36.3 Å². The molecule has 2 nitrogen and oxygen atoms in total. The van der Waals surface area contributed by atoms with Crippen molar-refractivity contribution in [3.8, 4) is 0 Å². The average Bonchev–Trinajstić information content (AvgIpc) is 2.65. The number of ketones is 1. The minimum atomic E-state index is -0.341. The standard InChI is InChI=1S/C20H22FNOS.C2H6/c1-13-14(2)20(24-5)18(21)11-16(13)19(23)17(12-22(3)4)15-9-7-6-8-10-15;1-2/h6-12H,1-5H3;1-2H3. The Hall–Kier alpha value is -2.07. The number of hydrogen-bond acceptors (Lipinski definition) is 3. The zero-order valence-electron chi connectivity index (χ0n) is 16.7. The molecular weight excluding hydrogens is 345 g/mol. The molecule has 0 saturated heterocycles. The molecule has 0 saturated carbocycles. The number of nitrogens with zero attached hydrogens (tertiary/aromatic N) is 1. The number of carbonyl (C=O) groups is 1. The maximum Gasteiger partial charge on any atom is 0.195 e. The summed E-state index contributed by atoms with van der Waals surface area (Å²) in [6, 6.07) is 10.8. The first-order valence-electron chi connectivity index (χ1n) is 8.68. The van der Waals surface area contributed by atoms with Gasteiger partial charge < -0.3 is 4.90 Å². The molecule has 0 N–H and O–H groups in total. The number of Topliss-reactive ketones (excluding diaryl/α,β-unsaturated/α-hetero) is 1. The normalized spacial score (nSPS) is 10.8. The van der Waals surface area contributed by atoms with E-state index in [1.165, 1.54) is 17.8 Å². The number of allylic oxidation sites excluding steroid dienone is 1. The fourth-order valence-electron chi connectivity index (χ4n) is 2.62. The smallest absolute Gasteiger partial charge is 0.195 e. The molecule has 26 heavy (non-hydrogen) atoms. The van der Waals surface area contributed by atoms with Crippen LogP contribution in [0.1, 0.15) is 40.9 Å². The Labute approximate surface area is 161 Å². The van der Waals surface area contributed by atoms with Crippen molar-refractivity contribution in [1.29, 1.82) is 0 Å². The lowest BCUT2D eigenvalue weighted by atomic mass is 9.92. The molecule has 0 aliphatic heterocycles. The van der Waals surface area contributed by atoms with Gasteiger partial charge in [0.05, 0.1) is 0 Å². The van der Waals surface area contributed by atoms with Gasteiger partial charge in [-0.25, -0.2) is 4.39 Å². The van der Waals surface area contributed by atoms with Crippen molar-refractivity contribution in [2.75, 3.05) is 20.4 Å². The molecule has 0 amide bonds. The van der Waals surface area contributed by atoms with Gasteiger partial charge in [0.1, 0.15) is 5.82 Å². The van der Waals surface area contributed by atoms with Crippen LogP contribution in [-0.4, -0.2) is 31.0 Å². The second-order valence-corrected chi connectivity index (χ2v) is 6.71. The predicted molar refractivity (Wildman–Crippen MR) is 111 cm³/mol. The van der Waals surface area contributed by atoms with Gasteiger partial charge in [0.15, 0.2) is 5.78 Å². The van der Waals surface area contributed by atoms with Crippen LogP contribution in [0.15, 0.2) is 47.5 Å². The summed E-state index contributed by atoms with van der Waals surface area (Å²) >= 11 is 1.36. The van der Waals surface area contributed by atoms with Crippen LogP contribution >= 0.6 is 11.8 Å². The molecule has 2 rings (SSSR count). The molecule has 0 spiro atoms. The molecule has 2 aromatic rings. The number of hydrogen-bond donors (Lipinski definition) is 0. The van der Waals surface area contributed by atoms with E-state index in [2.05, 4.69) is 0 Å². The minimum Gasteiger partial charge on any atom is -0.383 e. The Morgan fingerprint density at radius 3 is 2.15 bits per heavy atom. The van der Waals surface area contributed by atoms with Crippen molar-refractivity contribution in [3.63, 3.8) is 0 Å². The third kappa shape index (κ3) is 4.98. The van der Waals surface area contributed by atoms with Crippen LogP contribution in [0.3, 0.4) is 0 Å². The Kier molecular flexibility index (Phi) is 8.59. The Balaban J connectivity index is 0.00000163. The molecule has 140 valence electrons. The number of carbonyl (C=O) groups excluding carboxylic acids is 1. The predicted octanol–water partition coefficient (Wildman–Crippen LogP) is 5.98. The lowest BCUT2D eigenvalue weighted by molar-refractivity contribution is 0.105. The van der Waals surface area contributed by atoms with E-state index in [0.717, 1.165) is 16.7 Å². The van der Waals surface area contributed by atoms with Crippen LogP contribution in [0.4, 0.5) is 4.39 Å². The molecule has 4 heteroatoms. The second-order valence-electron chi connectivity index (χ2n) is 5.89. The van der Waals surface area contributed by atoms with Crippen molar-refractivity contribution in [2.45, 2.75) is 32.6 Å². The molecular formula is C22H28FNOS. The largest absolute Gasteiger partial charge is 0.383 e. The third-order valence-electron chi connectivity index (χ3n) is 3.96. The van der Waals surface area contributed by atoms with Crippen LogP contribution in [0.25, 0.3) is 5.57 Å². The summed E-state index contributed by atoms with van der Waals surface area (Å²) in [4.78, 5) is 15.6. The zero-order chi connectivity index (χ0) is 19.9. The maximum atomic E-state index is 14.4. The summed E-state index contributed by atoms with van der Waals surface area (Å²) in [6.45, 7) is 7.73. The number of benzene rings is 2. The van der Waals surface area contributed by atoms with Gasteiger partial charge in [0.2, 0.25) is 0 Å². The minimum absolute atomic E-state index is 0.165. The first kappa shape index (κ1) is 22.0.